The Hall–Kier alpha value is -0.970. The van der Waals surface area contributed by atoms with Gasteiger partial charge >= 0.3 is 0 Å². The van der Waals surface area contributed by atoms with Crippen molar-refractivity contribution in [3.05, 3.63) is 33.5 Å². The molecular formula is C11H8BrF2NO. The minimum Gasteiger partial charge on any atom is -0.351 e. The summed E-state index contributed by atoms with van der Waals surface area (Å²) in [7, 11) is 0. The molecule has 84 valence electrons. The molecule has 5 heteroatoms. The average molecular weight is 288 g/mol. The summed E-state index contributed by atoms with van der Waals surface area (Å²) < 4.78 is 27.6. The zero-order valence-electron chi connectivity index (χ0n) is 8.19. The van der Waals surface area contributed by atoms with Crippen molar-refractivity contribution >= 4 is 21.8 Å². The van der Waals surface area contributed by atoms with Crippen molar-refractivity contribution in [3.8, 4) is 0 Å². The summed E-state index contributed by atoms with van der Waals surface area (Å²) in [6.45, 7) is 0.260. The molecule has 1 aromatic carbocycles. The monoisotopic (exact) mass is 287 g/mol. The maximum atomic E-state index is 13.7. The van der Waals surface area contributed by atoms with Gasteiger partial charge in [0.05, 0.1) is 5.56 Å². The van der Waals surface area contributed by atoms with Gasteiger partial charge in [0.2, 0.25) is 0 Å². The smallest absolute Gasteiger partial charge is 0.254 e. The molecule has 0 radical (unpaired) electrons. The number of benzene rings is 1. The van der Waals surface area contributed by atoms with E-state index in [4.69, 9.17) is 0 Å². The summed E-state index contributed by atoms with van der Waals surface area (Å²) in [5.41, 5.74) is -0.196. The van der Waals surface area contributed by atoms with Crippen LogP contribution in [0.2, 0.25) is 0 Å². The fourth-order valence-electron chi connectivity index (χ4n) is 2.34. The van der Waals surface area contributed by atoms with Crippen molar-refractivity contribution in [1.29, 1.82) is 0 Å². The Morgan fingerprint density at radius 2 is 2.19 bits per heavy atom. The van der Waals surface area contributed by atoms with E-state index in [1.54, 1.807) is 6.07 Å². The van der Waals surface area contributed by atoms with Gasteiger partial charge in [-0.05, 0) is 24.1 Å². The van der Waals surface area contributed by atoms with Crippen LogP contribution in [-0.2, 0) is 5.41 Å². The molecule has 1 saturated carbocycles. The molecule has 16 heavy (non-hydrogen) atoms. The maximum Gasteiger partial charge on any atom is 0.254 e. The van der Waals surface area contributed by atoms with E-state index in [0.717, 1.165) is 0 Å². The molecule has 1 heterocycles. The summed E-state index contributed by atoms with van der Waals surface area (Å²) in [4.78, 5) is 11.6. The maximum absolute atomic E-state index is 13.7. The molecule has 1 spiro atoms. The Labute approximate surface area is 99.2 Å². The van der Waals surface area contributed by atoms with Crippen molar-refractivity contribution in [1.82, 2.24) is 5.32 Å². The van der Waals surface area contributed by atoms with Crippen LogP contribution in [0.1, 0.15) is 22.3 Å². The number of hydrogen-bond acceptors (Lipinski definition) is 1. The number of amides is 1. The van der Waals surface area contributed by atoms with E-state index in [1.807, 2.05) is 0 Å². The van der Waals surface area contributed by atoms with Crippen molar-refractivity contribution in [3.63, 3.8) is 0 Å². The predicted octanol–water partition coefficient (Wildman–Crippen LogP) is 2.31. The van der Waals surface area contributed by atoms with Gasteiger partial charge < -0.3 is 5.32 Å². The van der Waals surface area contributed by atoms with Crippen LogP contribution < -0.4 is 5.32 Å². The van der Waals surface area contributed by atoms with Gasteiger partial charge in [0.25, 0.3) is 5.91 Å². The second-order valence-corrected chi connectivity index (χ2v) is 5.24. The van der Waals surface area contributed by atoms with Gasteiger partial charge in [0.1, 0.15) is 12.0 Å². The van der Waals surface area contributed by atoms with Gasteiger partial charge in [0, 0.05) is 16.4 Å². The van der Waals surface area contributed by atoms with Crippen molar-refractivity contribution in [2.45, 2.75) is 18.0 Å². The van der Waals surface area contributed by atoms with Crippen LogP contribution in [0.5, 0.6) is 0 Å². The molecule has 0 aromatic heterocycles. The highest BCUT2D eigenvalue weighted by atomic mass is 79.9. The van der Waals surface area contributed by atoms with Gasteiger partial charge in [-0.15, -0.1) is 0 Å². The van der Waals surface area contributed by atoms with Crippen LogP contribution in [-0.4, -0.2) is 18.6 Å². The number of rotatable bonds is 0. The summed E-state index contributed by atoms with van der Waals surface area (Å²) in [5, 5.41) is 2.55. The highest BCUT2D eigenvalue weighted by molar-refractivity contribution is 9.10. The van der Waals surface area contributed by atoms with Crippen molar-refractivity contribution in [2.75, 3.05) is 6.54 Å². The lowest BCUT2D eigenvalue weighted by Gasteiger charge is -2.26. The summed E-state index contributed by atoms with van der Waals surface area (Å²) in [5.74, 6) is -1.05. The van der Waals surface area contributed by atoms with Gasteiger partial charge in [-0.3, -0.25) is 4.79 Å². The van der Waals surface area contributed by atoms with E-state index in [9.17, 15) is 13.6 Å². The molecular weight excluding hydrogens is 280 g/mol. The van der Waals surface area contributed by atoms with Gasteiger partial charge in [-0.25, -0.2) is 8.78 Å². The number of nitrogens with one attached hydrogen (secondary N) is 1. The number of halogens is 3. The second-order valence-electron chi connectivity index (χ2n) is 4.32. The fourth-order valence-corrected chi connectivity index (χ4v) is 2.77. The van der Waals surface area contributed by atoms with E-state index in [0.29, 0.717) is 16.5 Å². The first-order chi connectivity index (χ1) is 7.54. The first kappa shape index (κ1) is 10.2. The van der Waals surface area contributed by atoms with E-state index in [1.165, 1.54) is 6.07 Å². The lowest BCUT2D eigenvalue weighted by Crippen LogP contribution is -2.41. The largest absolute Gasteiger partial charge is 0.351 e. The minimum absolute atomic E-state index is 0.00500. The fraction of sp³-hybridized carbons (Fsp3) is 0.364. The molecule has 1 aliphatic heterocycles. The highest BCUT2D eigenvalue weighted by Gasteiger charge is 2.60. The number of hydrogen-bond donors (Lipinski definition) is 1. The van der Waals surface area contributed by atoms with E-state index < -0.39 is 23.3 Å². The summed E-state index contributed by atoms with van der Waals surface area (Å²) in [6, 6.07) is 2.88. The molecule has 1 N–H and O–H groups in total. The molecule has 1 aromatic rings. The molecule has 2 aliphatic rings. The van der Waals surface area contributed by atoms with Crippen LogP contribution >= 0.6 is 15.9 Å². The first-order valence-corrected chi connectivity index (χ1v) is 5.76. The molecule has 2 nitrogen and oxygen atoms in total. The van der Waals surface area contributed by atoms with Gasteiger partial charge in [-0.2, -0.15) is 0 Å². The number of carbonyl (C=O) groups is 1. The Morgan fingerprint density at radius 3 is 2.81 bits per heavy atom. The number of alkyl halides is 1. The topological polar surface area (TPSA) is 29.1 Å². The molecule has 3 rings (SSSR count). The molecule has 0 bridgehead atoms. The number of carbonyl (C=O) groups excluding carboxylic acids is 1. The molecule has 0 saturated heterocycles. The normalized spacial score (nSPS) is 31.2. The Kier molecular flexibility index (Phi) is 1.93. The third-order valence-corrected chi connectivity index (χ3v) is 3.82. The first-order valence-electron chi connectivity index (χ1n) is 4.96. The summed E-state index contributed by atoms with van der Waals surface area (Å²) in [6.07, 6.45) is -0.628. The third kappa shape index (κ3) is 1.18. The van der Waals surface area contributed by atoms with Crippen molar-refractivity contribution in [2.24, 2.45) is 0 Å². The van der Waals surface area contributed by atoms with Crippen LogP contribution in [0.15, 0.2) is 16.6 Å². The zero-order valence-corrected chi connectivity index (χ0v) is 9.77. The zero-order chi connectivity index (χ0) is 11.5. The second kappa shape index (κ2) is 3.03. The SMILES string of the molecule is O=C1NC[C@@]2(C[C@@H]2F)c2cc(Br)cc(F)c21. The Bertz CT molecular complexity index is 505. The molecule has 1 aliphatic carbocycles. The van der Waals surface area contributed by atoms with Crippen LogP contribution in [0.3, 0.4) is 0 Å². The summed E-state index contributed by atoms with van der Waals surface area (Å²) >= 11 is 3.17. The lowest BCUT2D eigenvalue weighted by atomic mass is 9.87. The third-order valence-electron chi connectivity index (χ3n) is 3.37. The molecule has 0 unspecified atom stereocenters. The highest BCUT2D eigenvalue weighted by Crippen LogP contribution is 2.53. The van der Waals surface area contributed by atoms with Crippen LogP contribution in [0.25, 0.3) is 0 Å². The minimum atomic E-state index is -0.986. The van der Waals surface area contributed by atoms with E-state index >= 15 is 0 Å². The van der Waals surface area contributed by atoms with Crippen molar-refractivity contribution < 1.29 is 13.6 Å². The number of fused-ring (bicyclic) bond motifs is 2. The lowest BCUT2D eigenvalue weighted by molar-refractivity contribution is 0.0930. The molecule has 1 fully saturated rings. The average Bonchev–Trinajstić information content (AvgIpc) is 2.84. The quantitative estimate of drug-likeness (QED) is 0.780. The van der Waals surface area contributed by atoms with Crippen LogP contribution in [0.4, 0.5) is 8.78 Å². The predicted molar refractivity (Wildman–Crippen MR) is 57.6 cm³/mol. The molecule has 1 amide bonds. The van der Waals surface area contributed by atoms with E-state index in [-0.39, 0.29) is 12.1 Å². The standard InChI is InChI=1S/C11H8BrF2NO/c12-5-1-6-9(7(13)2-5)10(16)15-4-11(6)3-8(11)14/h1-2,8H,3-4H2,(H,15,16)/t8-,11-/m0/s1. The van der Waals surface area contributed by atoms with Gasteiger partial charge in [0.15, 0.2) is 0 Å². The Morgan fingerprint density at radius 1 is 1.50 bits per heavy atom. The Balaban J connectivity index is 2.26. The van der Waals surface area contributed by atoms with E-state index in [2.05, 4.69) is 21.2 Å². The van der Waals surface area contributed by atoms with Gasteiger partial charge in [-0.1, -0.05) is 15.9 Å². The molecule has 2 atom stereocenters. The van der Waals surface area contributed by atoms with Crippen LogP contribution in [0, 0.1) is 5.82 Å².